The molecule has 1 amide bonds. The molecule has 3 aromatic rings. The fraction of sp³-hybridized carbons (Fsp3) is 0.143. The number of carbonyl (C=O) groups is 1. The lowest BCUT2D eigenvalue weighted by Crippen LogP contribution is -2.20. The molecule has 0 aliphatic carbocycles. The number of allylic oxidation sites excluding steroid dienone is 1. The van der Waals surface area contributed by atoms with Crippen LogP contribution in [0.15, 0.2) is 79.9 Å². The van der Waals surface area contributed by atoms with E-state index in [1.54, 1.807) is 6.21 Å². The molecule has 0 fully saturated rings. The van der Waals surface area contributed by atoms with Gasteiger partial charge in [0.05, 0.1) is 12.0 Å². The van der Waals surface area contributed by atoms with Gasteiger partial charge in [-0.15, -0.1) is 10.2 Å². The van der Waals surface area contributed by atoms with E-state index in [0.717, 1.165) is 31.5 Å². The van der Waals surface area contributed by atoms with Crippen LogP contribution in [0.3, 0.4) is 0 Å². The third-order valence-corrected chi connectivity index (χ3v) is 5.82. The lowest BCUT2D eigenvalue weighted by atomic mass is 10.2. The minimum atomic E-state index is -0.221. The highest BCUT2D eigenvalue weighted by Crippen LogP contribution is 2.26. The van der Waals surface area contributed by atoms with Crippen LogP contribution >= 0.6 is 43.6 Å². The molecule has 1 N–H and O–H groups in total. The van der Waals surface area contributed by atoms with Gasteiger partial charge in [0.1, 0.15) is 0 Å². The van der Waals surface area contributed by atoms with E-state index < -0.39 is 0 Å². The van der Waals surface area contributed by atoms with Crippen molar-refractivity contribution in [2.75, 3.05) is 5.75 Å². The topological polar surface area (TPSA) is 72.2 Å². The average Bonchev–Trinajstić information content (AvgIpc) is 3.09. The van der Waals surface area contributed by atoms with Crippen LogP contribution in [0, 0.1) is 0 Å². The molecule has 0 aliphatic heterocycles. The Kier molecular flexibility index (Phi) is 8.01. The highest BCUT2D eigenvalue weighted by molar-refractivity contribution is 9.10. The molecular formula is C21H19Br2N5OS. The molecule has 0 spiro atoms. The van der Waals surface area contributed by atoms with Gasteiger partial charge in [0, 0.05) is 21.1 Å². The van der Waals surface area contributed by atoms with E-state index in [1.807, 2.05) is 60.0 Å². The molecular weight excluding hydrogens is 530 g/mol. The number of thioether (sulfide) groups is 1. The van der Waals surface area contributed by atoms with Gasteiger partial charge in [-0.3, -0.25) is 9.36 Å². The molecule has 0 aliphatic rings. The van der Waals surface area contributed by atoms with Crippen molar-refractivity contribution in [3.05, 3.63) is 75.2 Å². The molecule has 2 aromatic carbocycles. The third-order valence-electron chi connectivity index (χ3n) is 3.83. The van der Waals surface area contributed by atoms with Crippen molar-refractivity contribution in [2.45, 2.75) is 18.6 Å². The van der Waals surface area contributed by atoms with Gasteiger partial charge in [0.2, 0.25) is 0 Å². The Labute approximate surface area is 196 Å². The van der Waals surface area contributed by atoms with Gasteiger partial charge < -0.3 is 0 Å². The first kappa shape index (κ1) is 22.5. The number of hydrogen-bond acceptors (Lipinski definition) is 5. The van der Waals surface area contributed by atoms with Crippen LogP contribution < -0.4 is 5.43 Å². The van der Waals surface area contributed by atoms with E-state index in [4.69, 9.17) is 0 Å². The summed E-state index contributed by atoms with van der Waals surface area (Å²) in [7, 11) is 0. The number of hydrogen-bond donors (Lipinski definition) is 1. The predicted molar refractivity (Wildman–Crippen MR) is 129 cm³/mol. The summed E-state index contributed by atoms with van der Waals surface area (Å²) in [6, 6.07) is 15.5. The summed E-state index contributed by atoms with van der Waals surface area (Å²) in [6.45, 7) is 6.52. The van der Waals surface area contributed by atoms with Gasteiger partial charge in [-0.25, -0.2) is 5.43 Å². The van der Waals surface area contributed by atoms with Crippen molar-refractivity contribution in [1.82, 2.24) is 20.2 Å². The Morgan fingerprint density at radius 1 is 1.20 bits per heavy atom. The van der Waals surface area contributed by atoms with Gasteiger partial charge >= 0.3 is 0 Å². The second-order valence-electron chi connectivity index (χ2n) is 6.49. The zero-order valence-corrected chi connectivity index (χ0v) is 20.2. The van der Waals surface area contributed by atoms with E-state index >= 15 is 0 Å². The Hall–Kier alpha value is -2.23. The smallest absolute Gasteiger partial charge is 0.250 e. The molecule has 0 atom stereocenters. The van der Waals surface area contributed by atoms with Crippen molar-refractivity contribution in [3.63, 3.8) is 0 Å². The molecule has 0 bridgehead atoms. The number of halogens is 2. The lowest BCUT2D eigenvalue weighted by Gasteiger charge is -2.10. The highest BCUT2D eigenvalue weighted by atomic mass is 79.9. The molecule has 1 aromatic heterocycles. The van der Waals surface area contributed by atoms with Crippen molar-refractivity contribution >= 4 is 55.7 Å². The normalized spacial score (nSPS) is 11.0. The molecule has 154 valence electrons. The van der Waals surface area contributed by atoms with E-state index in [9.17, 15) is 4.79 Å². The molecule has 9 heteroatoms. The molecule has 0 unspecified atom stereocenters. The number of benzene rings is 2. The number of carbonyl (C=O) groups excluding carboxylic acids is 1. The minimum absolute atomic E-state index is 0.171. The zero-order chi connectivity index (χ0) is 21.5. The summed E-state index contributed by atoms with van der Waals surface area (Å²) in [6.07, 6.45) is 1.60. The van der Waals surface area contributed by atoms with Gasteiger partial charge in [0.25, 0.3) is 5.91 Å². The quantitative estimate of drug-likeness (QED) is 0.180. The predicted octanol–water partition coefficient (Wildman–Crippen LogP) is 5.29. The first-order chi connectivity index (χ1) is 14.4. The van der Waals surface area contributed by atoms with Crippen LogP contribution in [-0.2, 0) is 11.3 Å². The summed E-state index contributed by atoms with van der Waals surface area (Å²) >= 11 is 8.16. The number of hydrazone groups is 1. The van der Waals surface area contributed by atoms with E-state index in [-0.39, 0.29) is 11.7 Å². The molecule has 3 rings (SSSR count). The van der Waals surface area contributed by atoms with Gasteiger partial charge in [-0.1, -0.05) is 80.0 Å². The number of nitrogens with zero attached hydrogens (tertiary/aromatic N) is 4. The molecule has 0 saturated heterocycles. The first-order valence-corrected chi connectivity index (χ1v) is 11.5. The van der Waals surface area contributed by atoms with Gasteiger partial charge in [-0.2, -0.15) is 5.10 Å². The SMILES string of the molecule is C=C(C)Cn1c(SCC(=O)N/N=C/c2cccc(Br)c2)nnc1-c1ccc(Br)cc1. The maximum absolute atomic E-state index is 12.2. The monoisotopic (exact) mass is 547 g/mol. The second kappa shape index (κ2) is 10.7. The van der Waals surface area contributed by atoms with Crippen LogP contribution in [0.4, 0.5) is 0 Å². The summed E-state index contributed by atoms with van der Waals surface area (Å²) in [5, 5.41) is 13.3. The number of aromatic nitrogens is 3. The Balaban J connectivity index is 1.66. The maximum atomic E-state index is 12.2. The number of amides is 1. The third kappa shape index (κ3) is 6.38. The van der Waals surface area contributed by atoms with Crippen LogP contribution in [-0.4, -0.2) is 32.6 Å². The van der Waals surface area contributed by atoms with Crippen molar-refractivity contribution in [2.24, 2.45) is 5.10 Å². The Bertz CT molecular complexity index is 1080. The van der Waals surface area contributed by atoms with E-state index in [0.29, 0.717) is 11.7 Å². The molecule has 0 radical (unpaired) electrons. The fourth-order valence-electron chi connectivity index (χ4n) is 2.55. The maximum Gasteiger partial charge on any atom is 0.250 e. The van der Waals surface area contributed by atoms with E-state index in [2.05, 4.69) is 59.2 Å². The second-order valence-corrected chi connectivity index (χ2v) is 9.27. The van der Waals surface area contributed by atoms with Gasteiger partial charge in [0.15, 0.2) is 11.0 Å². The van der Waals surface area contributed by atoms with Crippen molar-refractivity contribution in [3.8, 4) is 11.4 Å². The van der Waals surface area contributed by atoms with E-state index in [1.165, 1.54) is 11.8 Å². The molecule has 0 saturated carbocycles. The molecule has 30 heavy (non-hydrogen) atoms. The Morgan fingerprint density at radius 3 is 2.67 bits per heavy atom. The van der Waals surface area contributed by atoms with Crippen LogP contribution in [0.2, 0.25) is 0 Å². The number of nitrogens with one attached hydrogen (secondary N) is 1. The highest BCUT2D eigenvalue weighted by Gasteiger charge is 2.15. The standard InChI is InChI=1S/C21H19Br2N5OS/c1-14(2)12-28-20(16-6-8-17(22)9-7-16)26-27-21(28)30-13-19(29)25-24-11-15-4-3-5-18(23)10-15/h3-11H,1,12-13H2,2H3,(H,25,29)/b24-11+. The van der Waals surface area contributed by atoms with Crippen LogP contribution in [0.25, 0.3) is 11.4 Å². The summed E-state index contributed by atoms with van der Waals surface area (Å²) in [4.78, 5) is 12.2. The first-order valence-electron chi connectivity index (χ1n) is 8.96. The fourth-order valence-corrected chi connectivity index (χ4v) is 3.96. The average molecular weight is 549 g/mol. The minimum Gasteiger partial charge on any atom is -0.298 e. The molecule has 6 nitrogen and oxygen atoms in total. The Morgan fingerprint density at radius 2 is 1.97 bits per heavy atom. The van der Waals surface area contributed by atoms with Crippen LogP contribution in [0.5, 0.6) is 0 Å². The largest absolute Gasteiger partial charge is 0.298 e. The van der Waals surface area contributed by atoms with Crippen LogP contribution in [0.1, 0.15) is 12.5 Å². The van der Waals surface area contributed by atoms with Crippen molar-refractivity contribution < 1.29 is 4.79 Å². The molecule has 1 heterocycles. The summed E-state index contributed by atoms with van der Waals surface area (Å²) in [5.41, 5.74) is 5.34. The lowest BCUT2D eigenvalue weighted by molar-refractivity contribution is -0.118. The summed E-state index contributed by atoms with van der Waals surface area (Å²) in [5.74, 6) is 0.687. The zero-order valence-electron chi connectivity index (χ0n) is 16.2. The number of rotatable bonds is 8. The summed E-state index contributed by atoms with van der Waals surface area (Å²) < 4.78 is 3.91. The van der Waals surface area contributed by atoms with Gasteiger partial charge in [-0.05, 0) is 36.8 Å². The van der Waals surface area contributed by atoms with Crippen molar-refractivity contribution in [1.29, 1.82) is 0 Å².